The fourth-order valence-corrected chi connectivity index (χ4v) is 3.28. The topological polar surface area (TPSA) is 34.0 Å². The van der Waals surface area contributed by atoms with Crippen LogP contribution in [0.2, 0.25) is 0 Å². The van der Waals surface area contributed by atoms with Gasteiger partial charge in [-0.2, -0.15) is 0 Å². The lowest BCUT2D eigenvalue weighted by Gasteiger charge is -2.17. The van der Waals surface area contributed by atoms with Crippen LogP contribution < -0.4 is 5.32 Å². The summed E-state index contributed by atoms with van der Waals surface area (Å²) in [5.41, 5.74) is 0.756. The number of hydrogen-bond donors (Lipinski definition) is 1. The predicted octanol–water partition coefficient (Wildman–Crippen LogP) is 3.97. The van der Waals surface area contributed by atoms with Gasteiger partial charge in [-0.05, 0) is 54.1 Å². The highest BCUT2D eigenvalue weighted by molar-refractivity contribution is 9.10. The molecular formula is C15H23BrN2O. The van der Waals surface area contributed by atoms with Gasteiger partial charge >= 0.3 is 0 Å². The lowest BCUT2D eigenvalue weighted by Crippen LogP contribution is -2.35. The van der Waals surface area contributed by atoms with Crippen LogP contribution in [0.15, 0.2) is 16.7 Å². The van der Waals surface area contributed by atoms with Crippen molar-refractivity contribution in [3.8, 4) is 0 Å². The van der Waals surface area contributed by atoms with E-state index in [9.17, 15) is 4.79 Å². The lowest BCUT2D eigenvalue weighted by atomic mass is 10.0. The van der Waals surface area contributed by atoms with Gasteiger partial charge in [0.15, 0.2) is 0 Å². The zero-order chi connectivity index (χ0) is 13.8. The molecule has 106 valence electrons. The Morgan fingerprint density at radius 3 is 2.95 bits per heavy atom. The molecule has 1 aliphatic carbocycles. The Kier molecular flexibility index (Phi) is 5.08. The van der Waals surface area contributed by atoms with Crippen molar-refractivity contribution >= 4 is 21.8 Å². The molecular weight excluding hydrogens is 304 g/mol. The van der Waals surface area contributed by atoms with Gasteiger partial charge in [0.2, 0.25) is 0 Å². The second-order valence-corrected chi connectivity index (χ2v) is 6.53. The fraction of sp³-hybridized carbons (Fsp3) is 0.667. The molecule has 0 spiro atoms. The summed E-state index contributed by atoms with van der Waals surface area (Å²) < 4.78 is 2.95. The normalized spacial score (nSPS) is 23.9. The van der Waals surface area contributed by atoms with Crippen molar-refractivity contribution < 1.29 is 4.79 Å². The molecule has 2 atom stereocenters. The molecule has 4 heteroatoms. The summed E-state index contributed by atoms with van der Waals surface area (Å²) in [6.07, 6.45) is 7.94. The molecule has 2 unspecified atom stereocenters. The predicted molar refractivity (Wildman–Crippen MR) is 81.3 cm³/mol. The molecule has 1 aromatic heterocycles. The van der Waals surface area contributed by atoms with E-state index in [2.05, 4.69) is 35.1 Å². The van der Waals surface area contributed by atoms with Gasteiger partial charge < -0.3 is 9.88 Å². The molecule has 19 heavy (non-hydrogen) atoms. The monoisotopic (exact) mass is 326 g/mol. The van der Waals surface area contributed by atoms with Gasteiger partial charge in [0.25, 0.3) is 5.91 Å². The second-order valence-electron chi connectivity index (χ2n) is 5.61. The smallest absolute Gasteiger partial charge is 0.268 e. The summed E-state index contributed by atoms with van der Waals surface area (Å²) in [7, 11) is 0. The first-order valence-electron chi connectivity index (χ1n) is 7.26. The number of carbonyl (C=O) groups is 1. The van der Waals surface area contributed by atoms with Crippen LogP contribution in [0.5, 0.6) is 0 Å². The largest absolute Gasteiger partial charge is 0.348 e. The van der Waals surface area contributed by atoms with Gasteiger partial charge in [-0.15, -0.1) is 0 Å². The molecule has 0 radical (unpaired) electrons. The van der Waals surface area contributed by atoms with Crippen LogP contribution in [0, 0.1) is 5.92 Å². The average Bonchev–Trinajstić information content (AvgIpc) is 2.65. The van der Waals surface area contributed by atoms with Gasteiger partial charge in [-0.1, -0.05) is 19.8 Å². The third-order valence-electron chi connectivity index (χ3n) is 4.03. The number of halogens is 1. The number of hydrogen-bond acceptors (Lipinski definition) is 1. The average molecular weight is 327 g/mol. The van der Waals surface area contributed by atoms with Gasteiger partial charge in [-0.3, -0.25) is 4.79 Å². The van der Waals surface area contributed by atoms with E-state index in [1.807, 2.05) is 16.8 Å². The molecule has 1 aliphatic rings. The summed E-state index contributed by atoms with van der Waals surface area (Å²) in [5.74, 6) is 0.864. The van der Waals surface area contributed by atoms with Crippen molar-refractivity contribution in [3.05, 3.63) is 22.4 Å². The SMILES string of the molecule is CCn1cc(Br)cc1C(=O)NC1CCCC(C)CC1. The number of rotatable bonds is 3. The molecule has 1 aromatic rings. The van der Waals surface area contributed by atoms with Crippen LogP contribution in [-0.4, -0.2) is 16.5 Å². The second kappa shape index (κ2) is 6.60. The minimum atomic E-state index is 0.0621. The maximum Gasteiger partial charge on any atom is 0.268 e. The number of aryl methyl sites for hydroxylation is 1. The molecule has 0 aliphatic heterocycles. The van der Waals surface area contributed by atoms with Crippen LogP contribution >= 0.6 is 15.9 Å². The fourth-order valence-electron chi connectivity index (χ4n) is 2.82. The van der Waals surface area contributed by atoms with Crippen LogP contribution in [0.4, 0.5) is 0 Å². The van der Waals surface area contributed by atoms with E-state index in [1.54, 1.807) is 0 Å². The number of amides is 1. The van der Waals surface area contributed by atoms with Crippen molar-refractivity contribution in [2.75, 3.05) is 0 Å². The van der Waals surface area contributed by atoms with Crippen molar-refractivity contribution in [1.82, 2.24) is 9.88 Å². The third kappa shape index (κ3) is 3.85. The molecule has 0 bridgehead atoms. The van der Waals surface area contributed by atoms with Crippen LogP contribution in [0.25, 0.3) is 0 Å². The molecule has 1 fully saturated rings. The molecule has 0 aromatic carbocycles. The Morgan fingerprint density at radius 2 is 2.21 bits per heavy atom. The Hall–Kier alpha value is -0.770. The van der Waals surface area contributed by atoms with Crippen molar-refractivity contribution in [2.45, 2.75) is 58.5 Å². The Bertz CT molecular complexity index is 441. The number of nitrogens with one attached hydrogen (secondary N) is 1. The summed E-state index contributed by atoms with van der Waals surface area (Å²) in [5, 5.41) is 3.20. The first-order chi connectivity index (χ1) is 9.10. The van der Waals surface area contributed by atoms with Crippen molar-refractivity contribution in [2.24, 2.45) is 5.92 Å². The van der Waals surface area contributed by atoms with E-state index in [0.29, 0.717) is 6.04 Å². The Labute approximate surface area is 123 Å². The molecule has 1 amide bonds. The van der Waals surface area contributed by atoms with Gasteiger partial charge in [0.05, 0.1) is 0 Å². The van der Waals surface area contributed by atoms with E-state index in [0.717, 1.165) is 35.5 Å². The Morgan fingerprint density at radius 1 is 1.42 bits per heavy atom. The minimum absolute atomic E-state index is 0.0621. The number of aromatic nitrogens is 1. The molecule has 1 saturated carbocycles. The number of carbonyl (C=O) groups excluding carboxylic acids is 1. The van der Waals surface area contributed by atoms with E-state index in [4.69, 9.17) is 0 Å². The summed E-state index contributed by atoms with van der Waals surface area (Å²) in [4.78, 5) is 12.3. The van der Waals surface area contributed by atoms with Crippen LogP contribution in [0.3, 0.4) is 0 Å². The van der Waals surface area contributed by atoms with E-state index in [1.165, 1.54) is 19.3 Å². The number of nitrogens with zero attached hydrogens (tertiary/aromatic N) is 1. The van der Waals surface area contributed by atoms with Crippen molar-refractivity contribution in [3.63, 3.8) is 0 Å². The van der Waals surface area contributed by atoms with Crippen LogP contribution in [-0.2, 0) is 6.54 Å². The molecule has 1 N–H and O–H groups in total. The highest BCUT2D eigenvalue weighted by Crippen LogP contribution is 2.23. The maximum absolute atomic E-state index is 12.3. The summed E-state index contributed by atoms with van der Waals surface area (Å²) in [6, 6.07) is 2.24. The summed E-state index contributed by atoms with van der Waals surface area (Å²) >= 11 is 3.44. The Balaban J connectivity index is 2.00. The van der Waals surface area contributed by atoms with Gasteiger partial charge in [-0.25, -0.2) is 0 Å². The van der Waals surface area contributed by atoms with Gasteiger partial charge in [0, 0.05) is 23.3 Å². The first kappa shape index (κ1) is 14.6. The van der Waals surface area contributed by atoms with Crippen molar-refractivity contribution in [1.29, 1.82) is 0 Å². The highest BCUT2D eigenvalue weighted by atomic mass is 79.9. The highest BCUT2D eigenvalue weighted by Gasteiger charge is 2.20. The third-order valence-corrected chi connectivity index (χ3v) is 4.46. The summed E-state index contributed by atoms with van der Waals surface area (Å²) in [6.45, 7) is 5.18. The quantitative estimate of drug-likeness (QED) is 0.838. The molecule has 2 rings (SSSR count). The zero-order valence-corrected chi connectivity index (χ0v) is 13.4. The van der Waals surface area contributed by atoms with E-state index >= 15 is 0 Å². The zero-order valence-electron chi connectivity index (χ0n) is 11.8. The molecule has 0 saturated heterocycles. The lowest BCUT2D eigenvalue weighted by molar-refractivity contribution is 0.0924. The van der Waals surface area contributed by atoms with Crippen LogP contribution in [0.1, 0.15) is 56.4 Å². The standard InChI is InChI=1S/C15H23BrN2O/c1-3-18-10-12(16)9-14(18)15(19)17-13-6-4-5-11(2)7-8-13/h9-11,13H,3-8H2,1-2H3,(H,17,19). The maximum atomic E-state index is 12.3. The molecule has 3 nitrogen and oxygen atoms in total. The minimum Gasteiger partial charge on any atom is -0.348 e. The first-order valence-corrected chi connectivity index (χ1v) is 8.06. The van der Waals surface area contributed by atoms with E-state index < -0.39 is 0 Å². The molecule has 1 heterocycles. The van der Waals surface area contributed by atoms with Gasteiger partial charge in [0.1, 0.15) is 5.69 Å². The van der Waals surface area contributed by atoms with E-state index in [-0.39, 0.29) is 5.91 Å².